The largest absolute Gasteiger partial charge is 0.380 e. The molecule has 1 saturated carbocycles. The van der Waals surface area contributed by atoms with Gasteiger partial charge in [0.15, 0.2) is 9.84 Å². The van der Waals surface area contributed by atoms with E-state index in [2.05, 4.69) is 29.2 Å². The summed E-state index contributed by atoms with van der Waals surface area (Å²) in [4.78, 5) is 2.34. The van der Waals surface area contributed by atoms with Crippen LogP contribution in [-0.2, 0) is 25.7 Å². The lowest BCUT2D eigenvalue weighted by Gasteiger charge is -2.30. The van der Waals surface area contributed by atoms with Crippen LogP contribution in [0.25, 0.3) is 0 Å². The summed E-state index contributed by atoms with van der Waals surface area (Å²) in [7, 11) is -3.02. The molecule has 0 aliphatic heterocycles. The van der Waals surface area contributed by atoms with Crippen molar-refractivity contribution >= 4 is 15.5 Å². The summed E-state index contributed by atoms with van der Waals surface area (Å²) in [6.45, 7) is 14.2. The topological polar surface area (TPSA) is 55.8 Å². The minimum Gasteiger partial charge on any atom is -0.380 e. The molecule has 0 amide bonds. The van der Waals surface area contributed by atoms with Gasteiger partial charge in [0.05, 0.1) is 23.7 Å². The zero-order valence-electron chi connectivity index (χ0n) is 21.6. The molecule has 0 unspecified atom stereocenters. The van der Waals surface area contributed by atoms with E-state index in [-0.39, 0.29) is 0 Å². The molecule has 1 aromatic carbocycles. The van der Waals surface area contributed by atoms with Crippen LogP contribution in [0.4, 0.5) is 5.69 Å². The molecule has 1 aromatic rings. The van der Waals surface area contributed by atoms with Gasteiger partial charge < -0.3 is 14.4 Å². The fourth-order valence-corrected chi connectivity index (χ4v) is 5.95. The standard InChI is InChI=1S/C27H47NO4S/c1-6-31-20-18-28(19-21-32-7-2)26-16-14-24(15-17-26)9-8-23-10-12-25(13-11-23)22-33(29,30)27(3,4)5/h14-17,23,25H,6-13,18-22H2,1-5H3. The predicted molar refractivity (Wildman–Crippen MR) is 139 cm³/mol. The highest BCUT2D eigenvalue weighted by molar-refractivity contribution is 7.92. The maximum absolute atomic E-state index is 12.5. The summed E-state index contributed by atoms with van der Waals surface area (Å²) in [6.07, 6.45) is 6.70. The first kappa shape index (κ1) is 28.1. The van der Waals surface area contributed by atoms with Crippen molar-refractivity contribution in [1.82, 2.24) is 0 Å². The van der Waals surface area contributed by atoms with E-state index in [1.807, 2.05) is 34.6 Å². The SMILES string of the molecule is CCOCCN(CCOCC)c1ccc(CCC2CCC(CS(=O)(=O)C(C)(C)C)CC2)cc1. The molecule has 0 heterocycles. The Kier molecular flexibility index (Phi) is 11.7. The Bertz CT molecular complexity index is 752. The fraction of sp³-hybridized carbons (Fsp3) is 0.778. The fourth-order valence-electron chi connectivity index (χ4n) is 4.50. The molecular weight excluding hydrogens is 434 g/mol. The van der Waals surface area contributed by atoms with Gasteiger partial charge in [-0.25, -0.2) is 8.42 Å². The third-order valence-electron chi connectivity index (χ3n) is 6.92. The number of ether oxygens (including phenoxy) is 2. The van der Waals surface area contributed by atoms with Crippen molar-refractivity contribution in [3.8, 4) is 0 Å². The smallest absolute Gasteiger partial charge is 0.155 e. The molecule has 1 aliphatic rings. The van der Waals surface area contributed by atoms with Gasteiger partial charge in [-0.3, -0.25) is 0 Å². The first-order valence-corrected chi connectivity index (χ1v) is 14.5. The van der Waals surface area contributed by atoms with E-state index in [0.717, 1.165) is 71.6 Å². The van der Waals surface area contributed by atoms with Crippen molar-refractivity contribution in [2.24, 2.45) is 11.8 Å². The van der Waals surface area contributed by atoms with Gasteiger partial charge in [0.1, 0.15) is 0 Å². The quantitative estimate of drug-likeness (QED) is 0.328. The number of hydrogen-bond acceptors (Lipinski definition) is 5. The molecule has 0 saturated heterocycles. The number of benzene rings is 1. The maximum Gasteiger partial charge on any atom is 0.155 e. The second-order valence-electron chi connectivity index (χ2n) is 10.4. The van der Waals surface area contributed by atoms with Crippen LogP contribution in [0.5, 0.6) is 0 Å². The third kappa shape index (κ3) is 9.58. The summed E-state index contributed by atoms with van der Waals surface area (Å²) in [5.41, 5.74) is 2.60. The van der Waals surface area contributed by atoms with Gasteiger partial charge in [-0.2, -0.15) is 0 Å². The van der Waals surface area contributed by atoms with E-state index in [0.29, 0.717) is 17.6 Å². The van der Waals surface area contributed by atoms with Crippen molar-refractivity contribution in [3.63, 3.8) is 0 Å². The average Bonchev–Trinajstić information content (AvgIpc) is 2.77. The summed E-state index contributed by atoms with van der Waals surface area (Å²) in [6, 6.07) is 8.96. The van der Waals surface area contributed by atoms with Gasteiger partial charge in [-0.15, -0.1) is 0 Å². The van der Waals surface area contributed by atoms with Crippen LogP contribution in [0, 0.1) is 11.8 Å². The number of rotatable bonds is 14. The van der Waals surface area contributed by atoms with E-state index in [4.69, 9.17) is 9.47 Å². The van der Waals surface area contributed by atoms with Crippen LogP contribution < -0.4 is 4.90 Å². The van der Waals surface area contributed by atoms with Crippen LogP contribution in [0.1, 0.15) is 72.3 Å². The third-order valence-corrected chi connectivity index (χ3v) is 9.69. The van der Waals surface area contributed by atoms with Gasteiger partial charge in [0.2, 0.25) is 0 Å². The molecule has 5 nitrogen and oxygen atoms in total. The molecule has 6 heteroatoms. The number of sulfone groups is 1. The first-order chi connectivity index (χ1) is 15.7. The molecule has 2 rings (SSSR count). The molecule has 0 atom stereocenters. The van der Waals surface area contributed by atoms with E-state index in [9.17, 15) is 8.42 Å². The van der Waals surface area contributed by atoms with Crippen LogP contribution >= 0.6 is 0 Å². The van der Waals surface area contributed by atoms with Crippen LogP contribution in [0.3, 0.4) is 0 Å². The molecule has 0 aromatic heterocycles. The minimum atomic E-state index is -3.02. The predicted octanol–water partition coefficient (Wildman–Crippen LogP) is 5.52. The minimum absolute atomic E-state index is 0.337. The summed E-state index contributed by atoms with van der Waals surface area (Å²) < 4.78 is 35.5. The van der Waals surface area contributed by atoms with Crippen LogP contribution in [0.15, 0.2) is 24.3 Å². The molecule has 0 spiro atoms. The summed E-state index contributed by atoms with van der Waals surface area (Å²) in [5, 5.41) is 0. The lowest BCUT2D eigenvalue weighted by atomic mass is 9.80. The van der Waals surface area contributed by atoms with Gasteiger partial charge in [0.25, 0.3) is 0 Å². The molecule has 0 radical (unpaired) electrons. The van der Waals surface area contributed by atoms with Crippen LogP contribution in [-0.4, -0.2) is 58.4 Å². The van der Waals surface area contributed by atoms with Gasteiger partial charge >= 0.3 is 0 Å². The number of hydrogen-bond donors (Lipinski definition) is 0. The average molecular weight is 482 g/mol. The molecule has 0 N–H and O–H groups in total. The van der Waals surface area contributed by atoms with Crippen LogP contribution in [0.2, 0.25) is 0 Å². The Morgan fingerprint density at radius 2 is 1.39 bits per heavy atom. The Morgan fingerprint density at radius 3 is 1.88 bits per heavy atom. The van der Waals surface area contributed by atoms with Gasteiger partial charge in [-0.05, 0) is 89.8 Å². The highest BCUT2D eigenvalue weighted by Gasteiger charge is 2.33. The van der Waals surface area contributed by atoms with Gasteiger partial charge in [-0.1, -0.05) is 25.0 Å². The van der Waals surface area contributed by atoms with Gasteiger partial charge in [0, 0.05) is 32.0 Å². The first-order valence-electron chi connectivity index (χ1n) is 12.9. The lowest BCUT2D eigenvalue weighted by molar-refractivity contribution is 0.141. The number of anilines is 1. The second-order valence-corrected chi connectivity index (χ2v) is 13.2. The van der Waals surface area contributed by atoms with E-state index in [1.165, 1.54) is 17.7 Å². The molecule has 1 aliphatic carbocycles. The molecule has 0 bridgehead atoms. The molecule has 190 valence electrons. The Labute approximate surface area is 203 Å². The van der Waals surface area contributed by atoms with E-state index >= 15 is 0 Å². The monoisotopic (exact) mass is 481 g/mol. The Hall–Kier alpha value is -1.11. The van der Waals surface area contributed by atoms with Crippen molar-refractivity contribution in [2.45, 2.75) is 77.9 Å². The maximum atomic E-state index is 12.5. The normalized spacial score (nSPS) is 19.5. The zero-order chi connectivity index (χ0) is 24.3. The molecular formula is C27H47NO4S. The molecule has 1 fully saturated rings. The Morgan fingerprint density at radius 1 is 0.879 bits per heavy atom. The number of nitrogens with zero attached hydrogens (tertiary/aromatic N) is 1. The summed E-state index contributed by atoms with van der Waals surface area (Å²) >= 11 is 0. The Balaban J connectivity index is 1.80. The second kappa shape index (κ2) is 13.7. The highest BCUT2D eigenvalue weighted by atomic mass is 32.2. The van der Waals surface area contributed by atoms with Crippen molar-refractivity contribution in [2.75, 3.05) is 50.2 Å². The molecule has 33 heavy (non-hydrogen) atoms. The van der Waals surface area contributed by atoms with Crippen molar-refractivity contribution in [1.29, 1.82) is 0 Å². The summed E-state index contributed by atoms with van der Waals surface area (Å²) in [5.74, 6) is 1.41. The zero-order valence-corrected chi connectivity index (χ0v) is 22.5. The van der Waals surface area contributed by atoms with Crippen molar-refractivity contribution < 1.29 is 17.9 Å². The lowest BCUT2D eigenvalue weighted by Crippen LogP contribution is -2.34. The number of aryl methyl sites for hydroxylation is 1. The van der Waals surface area contributed by atoms with E-state index < -0.39 is 14.6 Å². The van der Waals surface area contributed by atoms with Crippen molar-refractivity contribution in [3.05, 3.63) is 29.8 Å². The highest BCUT2D eigenvalue weighted by Crippen LogP contribution is 2.34. The van der Waals surface area contributed by atoms with E-state index in [1.54, 1.807) is 0 Å².